The lowest BCUT2D eigenvalue weighted by Crippen LogP contribution is -2.34. The average molecular weight is 472 g/mol. The summed E-state index contributed by atoms with van der Waals surface area (Å²) in [5.41, 5.74) is 1.61. The van der Waals surface area contributed by atoms with E-state index in [0.717, 1.165) is 0 Å². The van der Waals surface area contributed by atoms with Crippen molar-refractivity contribution in [2.75, 3.05) is 11.9 Å². The van der Waals surface area contributed by atoms with E-state index in [1.807, 2.05) is 30.3 Å². The Labute approximate surface area is 202 Å². The van der Waals surface area contributed by atoms with Gasteiger partial charge in [0, 0.05) is 11.3 Å². The van der Waals surface area contributed by atoms with Crippen LogP contribution in [0.4, 0.5) is 5.69 Å². The number of hydrogen-bond donors (Lipinski definition) is 1. The highest BCUT2D eigenvalue weighted by Crippen LogP contribution is 2.31. The Morgan fingerprint density at radius 1 is 0.914 bits per heavy atom. The summed E-state index contributed by atoms with van der Waals surface area (Å²) in [5.74, 6) is -0.617. The molecule has 1 atom stereocenters. The topological polar surface area (TPSA) is 94.8 Å². The number of hydrogen-bond acceptors (Lipinski definition) is 6. The Morgan fingerprint density at radius 3 is 2.29 bits per heavy atom. The third kappa shape index (κ3) is 5.24. The molecular weight excluding hydrogens is 446 g/mol. The minimum atomic E-state index is -0.953. The molecule has 0 saturated carbocycles. The van der Waals surface area contributed by atoms with Crippen LogP contribution in [0.25, 0.3) is 22.3 Å². The first-order chi connectivity index (χ1) is 17.0. The third-order valence-corrected chi connectivity index (χ3v) is 5.38. The fourth-order valence-electron chi connectivity index (χ4n) is 3.60. The molecule has 0 aliphatic carbocycles. The van der Waals surface area contributed by atoms with Crippen molar-refractivity contribution in [3.63, 3.8) is 0 Å². The molecule has 4 rings (SSSR count). The maximum absolute atomic E-state index is 13.3. The van der Waals surface area contributed by atoms with Crippen LogP contribution in [0.5, 0.6) is 5.75 Å². The van der Waals surface area contributed by atoms with Crippen LogP contribution in [-0.4, -0.2) is 24.6 Å². The van der Waals surface area contributed by atoms with Gasteiger partial charge in [-0.2, -0.15) is 0 Å². The van der Waals surface area contributed by atoms with Crippen molar-refractivity contribution in [1.29, 1.82) is 0 Å². The summed E-state index contributed by atoms with van der Waals surface area (Å²) in [6.07, 6.45) is -0.640. The van der Waals surface area contributed by atoms with Gasteiger partial charge in [-0.05, 0) is 49.7 Å². The zero-order chi connectivity index (χ0) is 24.8. The summed E-state index contributed by atoms with van der Waals surface area (Å²) in [4.78, 5) is 38.2. The molecule has 0 bridgehead atoms. The summed E-state index contributed by atoms with van der Waals surface area (Å²) in [6.45, 7) is 3.80. The number of para-hydroxylation sites is 1. The number of carbonyl (C=O) groups is 2. The molecule has 35 heavy (non-hydrogen) atoms. The molecule has 1 N–H and O–H groups in total. The van der Waals surface area contributed by atoms with Gasteiger partial charge in [-0.3, -0.25) is 9.59 Å². The highest BCUT2D eigenvalue weighted by Gasteiger charge is 2.25. The van der Waals surface area contributed by atoms with Crippen molar-refractivity contribution < 1.29 is 23.5 Å². The van der Waals surface area contributed by atoms with Gasteiger partial charge < -0.3 is 19.2 Å². The van der Waals surface area contributed by atoms with Crippen molar-refractivity contribution in [2.45, 2.75) is 26.4 Å². The monoisotopic (exact) mass is 471 g/mol. The van der Waals surface area contributed by atoms with Crippen LogP contribution in [0, 0.1) is 0 Å². The Hall–Kier alpha value is -4.39. The summed E-state index contributed by atoms with van der Waals surface area (Å²) in [7, 11) is 0. The van der Waals surface area contributed by atoms with Gasteiger partial charge in [0.15, 0.2) is 11.9 Å². The summed E-state index contributed by atoms with van der Waals surface area (Å²) in [5, 5.41) is 3.15. The lowest BCUT2D eigenvalue weighted by atomic mass is 10.1. The number of rotatable bonds is 8. The second-order valence-electron chi connectivity index (χ2n) is 7.75. The van der Waals surface area contributed by atoms with E-state index in [9.17, 15) is 14.4 Å². The van der Waals surface area contributed by atoms with Crippen molar-refractivity contribution in [3.8, 4) is 17.1 Å². The summed E-state index contributed by atoms with van der Waals surface area (Å²) >= 11 is 0. The predicted molar refractivity (Wildman–Crippen MR) is 134 cm³/mol. The molecule has 1 heterocycles. The van der Waals surface area contributed by atoms with Crippen LogP contribution >= 0.6 is 0 Å². The lowest BCUT2D eigenvalue weighted by Gasteiger charge is -2.19. The minimum absolute atomic E-state index is 0.0189. The Kier molecular flexibility index (Phi) is 7.26. The first kappa shape index (κ1) is 23.8. The third-order valence-electron chi connectivity index (χ3n) is 5.38. The molecule has 0 radical (unpaired) electrons. The fourth-order valence-corrected chi connectivity index (χ4v) is 3.60. The molecule has 0 aliphatic heterocycles. The second kappa shape index (κ2) is 10.7. The Balaban J connectivity index is 1.63. The van der Waals surface area contributed by atoms with Gasteiger partial charge in [-0.15, -0.1) is 0 Å². The zero-order valence-electron chi connectivity index (χ0n) is 19.4. The average Bonchev–Trinajstić information content (AvgIpc) is 2.89. The molecule has 4 aromatic rings. The molecule has 1 amide bonds. The molecular formula is C28H25NO6. The molecule has 3 aromatic carbocycles. The smallest absolute Gasteiger partial charge is 0.338 e. The molecule has 7 heteroatoms. The van der Waals surface area contributed by atoms with Crippen molar-refractivity contribution in [1.82, 2.24) is 0 Å². The number of nitrogens with one attached hydrogen (secondary N) is 1. The van der Waals surface area contributed by atoms with E-state index in [2.05, 4.69) is 5.32 Å². The van der Waals surface area contributed by atoms with Gasteiger partial charge in [-0.1, -0.05) is 49.4 Å². The van der Waals surface area contributed by atoms with Gasteiger partial charge in [0.05, 0.1) is 17.6 Å². The predicted octanol–water partition coefficient (Wildman–Crippen LogP) is 5.43. The van der Waals surface area contributed by atoms with Gasteiger partial charge in [-0.25, -0.2) is 4.79 Å². The van der Waals surface area contributed by atoms with Gasteiger partial charge >= 0.3 is 5.97 Å². The van der Waals surface area contributed by atoms with Crippen LogP contribution < -0.4 is 15.5 Å². The number of fused-ring (bicyclic) bond motifs is 1. The van der Waals surface area contributed by atoms with Crippen molar-refractivity contribution >= 4 is 28.5 Å². The molecule has 7 nitrogen and oxygen atoms in total. The van der Waals surface area contributed by atoms with Crippen molar-refractivity contribution in [3.05, 3.63) is 94.6 Å². The Morgan fingerprint density at radius 2 is 1.60 bits per heavy atom. The highest BCUT2D eigenvalue weighted by atomic mass is 16.5. The Bertz CT molecular complexity index is 1390. The van der Waals surface area contributed by atoms with E-state index in [4.69, 9.17) is 13.9 Å². The van der Waals surface area contributed by atoms with Crippen molar-refractivity contribution in [2.24, 2.45) is 0 Å². The van der Waals surface area contributed by atoms with E-state index in [1.165, 1.54) is 0 Å². The largest absolute Gasteiger partial charge is 0.473 e. The molecule has 0 aliphatic rings. The fraction of sp³-hybridized carbons (Fsp3) is 0.179. The maximum Gasteiger partial charge on any atom is 0.338 e. The molecule has 0 spiro atoms. The maximum atomic E-state index is 13.3. The number of carbonyl (C=O) groups excluding carboxylic acids is 2. The molecule has 178 valence electrons. The highest BCUT2D eigenvalue weighted by molar-refractivity contribution is 5.95. The number of ether oxygens (including phenoxy) is 2. The number of benzene rings is 3. The first-order valence-corrected chi connectivity index (χ1v) is 11.4. The normalized spacial score (nSPS) is 11.6. The zero-order valence-corrected chi connectivity index (χ0v) is 19.4. The molecule has 1 aromatic heterocycles. The number of amides is 1. The van der Waals surface area contributed by atoms with E-state index in [-0.39, 0.29) is 23.5 Å². The number of anilines is 1. The summed E-state index contributed by atoms with van der Waals surface area (Å²) < 4.78 is 17.1. The van der Waals surface area contributed by atoms with Crippen LogP contribution in [0.15, 0.2) is 88.1 Å². The second-order valence-corrected chi connectivity index (χ2v) is 7.75. The molecule has 0 saturated heterocycles. The standard InChI is InChI=1S/C28H25NO6/c1-3-22(27(31)29-20-16-14-19(15-17-20)28(32)33-4-2)34-26-24(30)21-12-8-9-13-23(21)35-25(26)18-10-6-5-7-11-18/h5-17,22H,3-4H2,1-2H3,(H,29,31). The quantitative estimate of drug-likeness (QED) is 0.344. The van der Waals surface area contributed by atoms with E-state index >= 15 is 0 Å². The van der Waals surface area contributed by atoms with Crippen LogP contribution in [0.2, 0.25) is 0 Å². The van der Waals surface area contributed by atoms with Gasteiger partial charge in [0.2, 0.25) is 11.2 Å². The van der Waals surface area contributed by atoms with Gasteiger partial charge in [0.25, 0.3) is 5.91 Å². The minimum Gasteiger partial charge on any atom is -0.473 e. The van der Waals surface area contributed by atoms with E-state index in [1.54, 1.807) is 62.4 Å². The van der Waals surface area contributed by atoms with Gasteiger partial charge in [0.1, 0.15) is 5.58 Å². The molecule has 1 unspecified atom stereocenters. The first-order valence-electron chi connectivity index (χ1n) is 11.4. The lowest BCUT2D eigenvalue weighted by molar-refractivity contribution is -0.122. The van der Waals surface area contributed by atoms with E-state index < -0.39 is 18.0 Å². The summed E-state index contributed by atoms with van der Waals surface area (Å²) in [6, 6.07) is 22.4. The van der Waals surface area contributed by atoms with Crippen LogP contribution in [-0.2, 0) is 9.53 Å². The van der Waals surface area contributed by atoms with Crippen LogP contribution in [0.1, 0.15) is 30.6 Å². The number of esters is 1. The van der Waals surface area contributed by atoms with Crippen LogP contribution in [0.3, 0.4) is 0 Å². The van der Waals surface area contributed by atoms with E-state index in [0.29, 0.717) is 34.2 Å². The molecule has 0 fully saturated rings. The SMILES string of the molecule is CCOC(=O)c1ccc(NC(=O)C(CC)Oc2c(-c3ccccc3)oc3ccccc3c2=O)cc1.